The van der Waals surface area contributed by atoms with E-state index in [4.69, 9.17) is 4.98 Å². The Morgan fingerprint density at radius 1 is 0.941 bits per heavy atom. The number of aromatic nitrogens is 2. The minimum absolute atomic E-state index is 0.248. The zero-order valence-electron chi connectivity index (χ0n) is 18.6. The molecule has 0 saturated carbocycles. The second-order valence-corrected chi connectivity index (χ2v) is 8.31. The van der Waals surface area contributed by atoms with Crippen molar-refractivity contribution < 1.29 is 4.79 Å². The highest BCUT2D eigenvalue weighted by Gasteiger charge is 2.25. The third kappa shape index (κ3) is 3.36. The van der Waals surface area contributed by atoms with Crippen LogP contribution in [0.25, 0.3) is 21.8 Å². The first-order valence-corrected chi connectivity index (χ1v) is 11.1. The van der Waals surface area contributed by atoms with E-state index in [1.165, 1.54) is 16.5 Å². The number of hydrogen-bond acceptors (Lipinski definition) is 4. The van der Waals surface area contributed by atoms with Gasteiger partial charge in [-0.2, -0.15) is 5.10 Å². The molecule has 0 unspecified atom stereocenters. The average molecular weight is 444 g/mol. The van der Waals surface area contributed by atoms with Gasteiger partial charge in [0.25, 0.3) is 5.91 Å². The van der Waals surface area contributed by atoms with E-state index < -0.39 is 0 Å². The van der Waals surface area contributed by atoms with Crippen LogP contribution in [-0.4, -0.2) is 27.4 Å². The van der Waals surface area contributed by atoms with Gasteiger partial charge in [0.15, 0.2) is 5.71 Å². The Kier molecular flexibility index (Phi) is 4.77. The van der Waals surface area contributed by atoms with Gasteiger partial charge in [0, 0.05) is 28.4 Å². The van der Waals surface area contributed by atoms with Crippen molar-refractivity contribution in [2.75, 3.05) is 5.32 Å². The molecule has 0 radical (unpaired) electrons. The second kappa shape index (κ2) is 8.08. The number of fused-ring (bicyclic) bond motifs is 4. The van der Waals surface area contributed by atoms with Gasteiger partial charge in [0.1, 0.15) is 0 Å². The van der Waals surface area contributed by atoms with E-state index in [0.29, 0.717) is 11.4 Å². The molecule has 6 heteroatoms. The quantitative estimate of drug-likeness (QED) is 0.302. The number of carbonyl (C=O) groups excluding carboxylic acids is 1. The molecule has 34 heavy (non-hydrogen) atoms. The second-order valence-electron chi connectivity index (χ2n) is 8.31. The first kappa shape index (κ1) is 20.1. The molecule has 3 heterocycles. The van der Waals surface area contributed by atoms with Gasteiger partial charge in [-0.25, -0.2) is 4.98 Å². The lowest BCUT2D eigenvalue weighted by Crippen LogP contribution is -2.13. The fraction of sp³-hybridized carbons (Fsp3) is 0.0714. The molecule has 0 spiro atoms. The van der Waals surface area contributed by atoms with Gasteiger partial charge < -0.3 is 9.88 Å². The number of nitrogens with one attached hydrogen (secondary N) is 1. The molecule has 6 nitrogen and oxygen atoms in total. The van der Waals surface area contributed by atoms with Crippen LogP contribution in [0.1, 0.15) is 22.5 Å². The maximum Gasteiger partial charge on any atom is 0.276 e. The third-order valence-corrected chi connectivity index (χ3v) is 6.12. The van der Waals surface area contributed by atoms with Crippen molar-refractivity contribution in [3.63, 3.8) is 0 Å². The first-order chi connectivity index (χ1) is 16.7. The van der Waals surface area contributed by atoms with E-state index in [0.717, 1.165) is 34.4 Å². The Labute approximate surface area is 196 Å². The summed E-state index contributed by atoms with van der Waals surface area (Å²) in [5, 5.41) is 13.5. The summed E-state index contributed by atoms with van der Waals surface area (Å²) in [5.41, 5.74) is 6.95. The van der Waals surface area contributed by atoms with Gasteiger partial charge in [0.2, 0.25) is 0 Å². The molecule has 0 aliphatic carbocycles. The molecule has 0 bridgehead atoms. The van der Waals surface area contributed by atoms with Crippen molar-refractivity contribution in [3.8, 4) is 0 Å². The summed E-state index contributed by atoms with van der Waals surface area (Å²) < 4.78 is 2.32. The van der Waals surface area contributed by atoms with Crippen LogP contribution in [0.5, 0.6) is 0 Å². The molecule has 0 saturated heterocycles. The Morgan fingerprint density at radius 3 is 2.59 bits per heavy atom. The zero-order valence-corrected chi connectivity index (χ0v) is 18.6. The van der Waals surface area contributed by atoms with Crippen LogP contribution in [0.2, 0.25) is 0 Å². The van der Waals surface area contributed by atoms with Crippen molar-refractivity contribution in [1.82, 2.24) is 9.55 Å². The van der Waals surface area contributed by atoms with Crippen LogP contribution in [0.15, 0.2) is 95.1 Å². The Balaban J connectivity index is 1.42. The summed E-state index contributed by atoms with van der Waals surface area (Å²) in [5.74, 6) is -0.248. The maximum absolute atomic E-state index is 12.3. The lowest BCUT2D eigenvalue weighted by Gasteiger charge is -2.09. The van der Waals surface area contributed by atoms with Crippen LogP contribution in [0.3, 0.4) is 0 Å². The molecule has 1 aliphatic rings. The fourth-order valence-electron chi connectivity index (χ4n) is 4.64. The normalized spacial score (nSPS) is 14.4. The van der Waals surface area contributed by atoms with E-state index >= 15 is 0 Å². The average Bonchev–Trinajstić information content (AvgIpc) is 3.35. The van der Waals surface area contributed by atoms with Gasteiger partial charge in [0.05, 0.1) is 28.8 Å². The van der Waals surface area contributed by atoms with Gasteiger partial charge in [-0.05, 0) is 30.7 Å². The highest BCUT2D eigenvalue weighted by Crippen LogP contribution is 2.31. The van der Waals surface area contributed by atoms with E-state index in [-0.39, 0.29) is 5.91 Å². The largest absolute Gasteiger partial charge is 0.334 e. The summed E-state index contributed by atoms with van der Waals surface area (Å²) in [6.07, 6.45) is 1.61. The van der Waals surface area contributed by atoms with Crippen molar-refractivity contribution in [2.45, 2.75) is 13.5 Å². The number of carbonyl (C=O) groups is 1. The molecule has 0 atom stereocenters. The molecule has 0 fully saturated rings. The number of para-hydroxylation sites is 2. The lowest BCUT2D eigenvalue weighted by molar-refractivity contribution is -0.110. The summed E-state index contributed by atoms with van der Waals surface area (Å²) >= 11 is 0. The first-order valence-electron chi connectivity index (χ1n) is 11.1. The summed E-state index contributed by atoms with van der Waals surface area (Å²) in [6.45, 7) is 2.79. The van der Waals surface area contributed by atoms with Crippen LogP contribution in [-0.2, 0) is 11.3 Å². The van der Waals surface area contributed by atoms with Crippen LogP contribution < -0.4 is 5.32 Å². The predicted molar refractivity (Wildman–Crippen MR) is 137 cm³/mol. The molecule has 5 aromatic rings. The van der Waals surface area contributed by atoms with Gasteiger partial charge in [-0.15, -0.1) is 5.10 Å². The van der Waals surface area contributed by atoms with Gasteiger partial charge in [-0.1, -0.05) is 66.7 Å². The monoisotopic (exact) mass is 443 g/mol. The highest BCUT2D eigenvalue weighted by atomic mass is 16.2. The zero-order chi connectivity index (χ0) is 23.1. The van der Waals surface area contributed by atoms with Crippen molar-refractivity contribution in [2.24, 2.45) is 10.2 Å². The van der Waals surface area contributed by atoms with Crippen LogP contribution in [0, 0.1) is 6.92 Å². The molecule has 164 valence electrons. The number of hydrogen-bond donors (Lipinski definition) is 1. The number of benzene rings is 3. The maximum atomic E-state index is 12.3. The number of aryl methyl sites for hydroxylation is 1. The predicted octanol–water partition coefficient (Wildman–Crippen LogP) is 5.32. The third-order valence-electron chi connectivity index (χ3n) is 6.12. The van der Waals surface area contributed by atoms with Crippen molar-refractivity contribution in [1.29, 1.82) is 0 Å². The van der Waals surface area contributed by atoms with Gasteiger partial charge >= 0.3 is 0 Å². The smallest absolute Gasteiger partial charge is 0.276 e. The Morgan fingerprint density at radius 2 is 1.71 bits per heavy atom. The van der Waals surface area contributed by atoms with Crippen LogP contribution >= 0.6 is 0 Å². The summed E-state index contributed by atoms with van der Waals surface area (Å²) in [4.78, 5) is 17.1. The minimum atomic E-state index is -0.248. The van der Waals surface area contributed by atoms with E-state index in [1.807, 2.05) is 43.3 Å². The standard InChI is InChI=1S/C28H21N5O/c1-18-27-23(21-11-6-8-14-25(21)33(27)17-19-9-3-2-4-10-19)15-20(30-18)16-29-32-26-22-12-5-7-13-24(22)31-28(26)34/h2-16H,17H2,1H3,(H,31,32,34)/b29-16+. The number of rotatable bonds is 4. The van der Waals surface area contributed by atoms with E-state index in [1.54, 1.807) is 6.21 Å². The molecule has 2 aromatic heterocycles. The molecule has 1 aliphatic heterocycles. The molecule has 6 rings (SSSR count). The Bertz CT molecular complexity index is 1630. The number of pyridine rings is 1. The topological polar surface area (TPSA) is 71.6 Å². The number of anilines is 1. The molecule has 1 amide bonds. The van der Waals surface area contributed by atoms with Crippen molar-refractivity contribution in [3.05, 3.63) is 107 Å². The number of amides is 1. The minimum Gasteiger partial charge on any atom is -0.334 e. The molecular weight excluding hydrogens is 422 g/mol. The Hall–Kier alpha value is -4.58. The number of nitrogens with zero attached hydrogens (tertiary/aromatic N) is 4. The summed E-state index contributed by atoms with van der Waals surface area (Å²) in [6, 6.07) is 28.3. The fourth-order valence-corrected chi connectivity index (χ4v) is 4.64. The van der Waals surface area contributed by atoms with E-state index in [9.17, 15) is 4.79 Å². The lowest BCUT2D eigenvalue weighted by atomic mass is 10.1. The SMILES string of the molecule is Cc1nc(/C=N/N=C2C(=O)Nc3ccccc32)cc2c3ccccc3n(Cc3ccccc3)c12. The highest BCUT2D eigenvalue weighted by molar-refractivity contribution is 6.53. The molecular formula is C28H21N5O. The van der Waals surface area contributed by atoms with E-state index in [2.05, 4.69) is 68.6 Å². The van der Waals surface area contributed by atoms with Crippen molar-refractivity contribution >= 4 is 45.3 Å². The van der Waals surface area contributed by atoms with Gasteiger partial charge in [-0.3, -0.25) is 4.79 Å². The van der Waals surface area contributed by atoms with Crippen LogP contribution in [0.4, 0.5) is 5.69 Å². The molecule has 3 aromatic carbocycles. The summed E-state index contributed by atoms with van der Waals surface area (Å²) in [7, 11) is 0. The molecule has 1 N–H and O–H groups in total.